The van der Waals surface area contributed by atoms with Gasteiger partial charge in [-0.05, 0) is 42.9 Å². The van der Waals surface area contributed by atoms with Crippen LogP contribution in [0.1, 0.15) is 41.6 Å². The predicted molar refractivity (Wildman–Crippen MR) is 121 cm³/mol. The third-order valence-electron chi connectivity index (χ3n) is 5.91. The van der Waals surface area contributed by atoms with Gasteiger partial charge >= 0.3 is 0 Å². The summed E-state index contributed by atoms with van der Waals surface area (Å²) in [6, 6.07) is 11.8. The maximum atomic E-state index is 13.5. The highest BCUT2D eigenvalue weighted by Gasteiger charge is 2.42. The van der Waals surface area contributed by atoms with E-state index in [9.17, 15) is 9.59 Å². The zero-order valence-corrected chi connectivity index (χ0v) is 18.6. The van der Waals surface area contributed by atoms with Crippen molar-refractivity contribution in [1.29, 1.82) is 0 Å². The molecule has 0 fully saturated rings. The van der Waals surface area contributed by atoms with Gasteiger partial charge in [0.25, 0.3) is 5.91 Å². The van der Waals surface area contributed by atoms with Gasteiger partial charge in [0.15, 0.2) is 5.43 Å². The maximum absolute atomic E-state index is 13.5. The summed E-state index contributed by atoms with van der Waals surface area (Å²) in [4.78, 5) is 30.9. The van der Waals surface area contributed by atoms with Crippen LogP contribution in [0.25, 0.3) is 11.0 Å². The number of nitrogens with zero attached hydrogens (tertiary/aromatic N) is 2. The number of hydrogen-bond donors (Lipinski definition) is 0. The van der Waals surface area contributed by atoms with Gasteiger partial charge in [-0.2, -0.15) is 0 Å². The number of carbonyl (C=O) groups excluding carboxylic acids is 1. The number of rotatable bonds is 7. The molecule has 1 aliphatic heterocycles. The molecule has 3 aromatic rings. The fraction of sp³-hybridized carbons (Fsp3) is 0.333. The number of carbonyl (C=O) groups is 1. The molecule has 7 heteroatoms. The fourth-order valence-electron chi connectivity index (χ4n) is 4.14. The van der Waals surface area contributed by atoms with Gasteiger partial charge in [0.2, 0.25) is 5.76 Å². The Labute approximate surface area is 186 Å². The van der Waals surface area contributed by atoms with E-state index in [2.05, 4.69) is 18.7 Å². The number of amides is 1. The zero-order valence-electron chi connectivity index (χ0n) is 17.9. The Bertz CT molecular complexity index is 1170. The van der Waals surface area contributed by atoms with E-state index in [1.54, 1.807) is 42.3 Å². The van der Waals surface area contributed by atoms with Crippen LogP contribution in [-0.2, 0) is 0 Å². The third kappa shape index (κ3) is 3.82. The van der Waals surface area contributed by atoms with Crippen molar-refractivity contribution in [3.05, 3.63) is 74.6 Å². The second-order valence-electron chi connectivity index (χ2n) is 7.52. The van der Waals surface area contributed by atoms with Gasteiger partial charge in [0.1, 0.15) is 11.3 Å². The van der Waals surface area contributed by atoms with Crippen LogP contribution in [-0.4, -0.2) is 49.0 Å². The van der Waals surface area contributed by atoms with Crippen molar-refractivity contribution < 1.29 is 13.9 Å². The topological polar surface area (TPSA) is 63.0 Å². The predicted octanol–water partition coefficient (Wildman–Crippen LogP) is 4.34. The fourth-order valence-corrected chi connectivity index (χ4v) is 4.26. The van der Waals surface area contributed by atoms with Crippen molar-refractivity contribution in [1.82, 2.24) is 9.80 Å². The van der Waals surface area contributed by atoms with Crippen molar-refractivity contribution in [3.63, 3.8) is 0 Å². The molecular weight excluding hydrogens is 416 g/mol. The molecule has 0 saturated carbocycles. The summed E-state index contributed by atoms with van der Waals surface area (Å²) in [6.45, 7) is 7.14. The van der Waals surface area contributed by atoms with E-state index in [4.69, 9.17) is 20.8 Å². The van der Waals surface area contributed by atoms with Crippen molar-refractivity contribution in [2.45, 2.75) is 19.9 Å². The van der Waals surface area contributed by atoms with Gasteiger partial charge in [-0.25, -0.2) is 0 Å². The van der Waals surface area contributed by atoms with Crippen LogP contribution in [0.4, 0.5) is 0 Å². The molecular formula is C24H25ClN2O4. The highest BCUT2D eigenvalue weighted by molar-refractivity contribution is 6.30. The lowest BCUT2D eigenvalue weighted by atomic mass is 9.98. The number of halogens is 1. The Morgan fingerprint density at radius 1 is 1.10 bits per heavy atom. The molecule has 162 valence electrons. The highest BCUT2D eigenvalue weighted by atomic mass is 35.5. The number of hydrogen-bond acceptors (Lipinski definition) is 5. The van der Waals surface area contributed by atoms with Gasteiger partial charge in [-0.3, -0.25) is 9.59 Å². The lowest BCUT2D eigenvalue weighted by molar-refractivity contribution is 0.0708. The van der Waals surface area contributed by atoms with Crippen molar-refractivity contribution in [3.8, 4) is 5.75 Å². The Hall–Kier alpha value is -2.83. The summed E-state index contributed by atoms with van der Waals surface area (Å²) < 4.78 is 11.2. The quantitative estimate of drug-likeness (QED) is 0.546. The second kappa shape index (κ2) is 8.73. The van der Waals surface area contributed by atoms with Crippen molar-refractivity contribution in [2.75, 3.05) is 33.3 Å². The van der Waals surface area contributed by atoms with Crippen LogP contribution in [0.15, 0.2) is 51.7 Å². The summed E-state index contributed by atoms with van der Waals surface area (Å²) in [5.41, 5.74) is 1.36. The SMILES string of the molecule is CCN(CC)CCN1C(=O)c2oc3cc(OC)ccc3c(=O)c2[C@H]1c1ccc(Cl)cc1. The molecule has 31 heavy (non-hydrogen) atoms. The molecule has 0 N–H and O–H groups in total. The van der Waals surface area contributed by atoms with E-state index in [0.717, 1.165) is 18.7 Å². The van der Waals surface area contributed by atoms with Gasteiger partial charge < -0.3 is 19.0 Å². The summed E-state index contributed by atoms with van der Waals surface area (Å²) in [6.07, 6.45) is 0. The summed E-state index contributed by atoms with van der Waals surface area (Å²) in [5, 5.41) is 1.03. The average Bonchev–Trinajstić information content (AvgIpc) is 3.06. The van der Waals surface area contributed by atoms with E-state index in [1.807, 2.05) is 12.1 Å². The van der Waals surface area contributed by atoms with Gasteiger partial charge in [0.05, 0.1) is 24.1 Å². The Morgan fingerprint density at radius 2 is 1.81 bits per heavy atom. The molecule has 4 rings (SSSR count). The average molecular weight is 441 g/mol. The van der Waals surface area contributed by atoms with E-state index >= 15 is 0 Å². The standard InChI is InChI=1S/C24H25ClN2O4/c1-4-26(5-2)12-13-27-21(15-6-8-16(25)9-7-15)20-22(28)18-11-10-17(30-3)14-19(18)31-23(20)24(27)29/h6-11,14,21H,4-5,12-13H2,1-3H3/t21-/m1/s1. The molecule has 2 heterocycles. The van der Waals surface area contributed by atoms with Gasteiger partial charge in [-0.1, -0.05) is 37.6 Å². The first-order valence-electron chi connectivity index (χ1n) is 10.4. The van der Waals surface area contributed by atoms with Crippen molar-refractivity contribution >= 4 is 28.5 Å². The molecule has 0 bridgehead atoms. The monoisotopic (exact) mass is 440 g/mol. The van der Waals surface area contributed by atoms with E-state index < -0.39 is 6.04 Å². The van der Waals surface area contributed by atoms with Crippen LogP contribution < -0.4 is 10.2 Å². The maximum Gasteiger partial charge on any atom is 0.290 e. The smallest absolute Gasteiger partial charge is 0.290 e. The first kappa shape index (κ1) is 21.4. The summed E-state index contributed by atoms with van der Waals surface area (Å²) >= 11 is 6.08. The molecule has 1 atom stereocenters. The van der Waals surface area contributed by atoms with Gasteiger partial charge in [-0.15, -0.1) is 0 Å². The molecule has 0 saturated heterocycles. The minimum atomic E-state index is -0.516. The largest absolute Gasteiger partial charge is 0.497 e. The highest BCUT2D eigenvalue weighted by Crippen LogP contribution is 2.38. The molecule has 1 amide bonds. The number of methoxy groups -OCH3 is 1. The summed E-state index contributed by atoms with van der Waals surface area (Å²) in [5.74, 6) is 0.392. The molecule has 0 aliphatic carbocycles. The Balaban J connectivity index is 1.86. The van der Waals surface area contributed by atoms with E-state index in [0.29, 0.717) is 40.4 Å². The Kier molecular flexibility index (Phi) is 6.03. The first-order chi connectivity index (χ1) is 15.0. The molecule has 0 spiro atoms. The van der Waals surface area contributed by atoms with Crippen LogP contribution in [0, 0.1) is 0 Å². The minimum Gasteiger partial charge on any atom is -0.497 e. The van der Waals surface area contributed by atoms with E-state index in [-0.39, 0.29) is 17.1 Å². The van der Waals surface area contributed by atoms with Crippen LogP contribution in [0.5, 0.6) is 5.75 Å². The molecule has 2 aromatic carbocycles. The number of benzene rings is 2. The van der Waals surface area contributed by atoms with Crippen LogP contribution in [0.2, 0.25) is 5.02 Å². The molecule has 6 nitrogen and oxygen atoms in total. The lowest BCUT2D eigenvalue weighted by Crippen LogP contribution is -2.37. The van der Waals surface area contributed by atoms with E-state index in [1.165, 1.54) is 0 Å². The first-order valence-corrected chi connectivity index (χ1v) is 10.8. The minimum absolute atomic E-state index is 0.102. The number of likely N-dealkylation sites (N-methyl/N-ethyl adjacent to an activating group) is 1. The molecule has 1 aliphatic rings. The third-order valence-corrected chi connectivity index (χ3v) is 6.16. The second-order valence-corrected chi connectivity index (χ2v) is 7.95. The molecule has 1 aromatic heterocycles. The normalized spacial score (nSPS) is 15.7. The van der Waals surface area contributed by atoms with Crippen molar-refractivity contribution in [2.24, 2.45) is 0 Å². The summed E-state index contributed by atoms with van der Waals surface area (Å²) in [7, 11) is 1.54. The van der Waals surface area contributed by atoms with Crippen LogP contribution in [0.3, 0.4) is 0 Å². The molecule has 0 unspecified atom stereocenters. The zero-order chi connectivity index (χ0) is 22.1. The number of ether oxygens (including phenoxy) is 1. The van der Waals surface area contributed by atoms with Crippen LogP contribution >= 0.6 is 11.6 Å². The molecule has 0 radical (unpaired) electrons. The lowest BCUT2D eigenvalue weighted by Gasteiger charge is -2.28. The number of fused-ring (bicyclic) bond motifs is 2. The Morgan fingerprint density at radius 3 is 2.45 bits per heavy atom. The van der Waals surface area contributed by atoms with Gasteiger partial charge in [0, 0.05) is 24.2 Å².